The van der Waals surface area contributed by atoms with Crippen LogP contribution in [0.25, 0.3) is 0 Å². The van der Waals surface area contributed by atoms with Gasteiger partial charge in [0.05, 0.1) is 130 Å². The molecule has 5 rings (SSSR count). The van der Waals surface area contributed by atoms with Crippen LogP contribution in [0.2, 0.25) is 0 Å². The number of carbonyl (C=O) groups is 6. The average Bonchev–Trinajstić information content (AvgIpc) is 0.832. The zero-order chi connectivity index (χ0) is 68.5. The number of rotatable bonds is 43. The summed E-state index contributed by atoms with van der Waals surface area (Å²) in [5, 5.41) is 21.9. The summed E-state index contributed by atoms with van der Waals surface area (Å²) in [5.74, 6) is -1.47. The van der Waals surface area contributed by atoms with Crippen LogP contribution in [0.3, 0.4) is 0 Å². The fourth-order valence-corrected chi connectivity index (χ4v) is 12.0. The van der Waals surface area contributed by atoms with Gasteiger partial charge in [-0.25, -0.2) is 0 Å². The van der Waals surface area contributed by atoms with Crippen molar-refractivity contribution < 1.29 is 114 Å². The summed E-state index contributed by atoms with van der Waals surface area (Å²) in [6.45, 7) is 23.9. The van der Waals surface area contributed by atoms with Gasteiger partial charge in [-0.3, -0.25) is 28.8 Å². The van der Waals surface area contributed by atoms with Crippen molar-refractivity contribution in [3.63, 3.8) is 0 Å². The van der Waals surface area contributed by atoms with E-state index in [-0.39, 0.29) is 219 Å². The monoisotopic (exact) mass is 1340 g/mol. The van der Waals surface area contributed by atoms with E-state index in [1.165, 1.54) is 34.6 Å². The van der Waals surface area contributed by atoms with Crippen LogP contribution in [0.15, 0.2) is 12.1 Å². The molecule has 4 aliphatic rings. The molecule has 94 heavy (non-hydrogen) atoms. The second-order valence-corrected chi connectivity index (χ2v) is 24.2. The molecule has 1 saturated carbocycles. The zero-order valence-electron chi connectivity index (χ0n) is 57.5. The standard InChI is InChI=1S/C66H110N4O24/c1-13-52-40(4)41(5)57(67-44(8)71)64(92-52)87-35-29-81-23-20-78-26-32-84-55-38-49(63(77)70-50-16-18-51(76)19-17-50)39-56(85-33-27-79-21-24-82-30-36-88-65-58(68-45(9)72)60(90-47(11)74)42(6)53(14-2)93-65)62(55)86-34-28-80-22-25-83-31-37-89-66-59(69-46(10)73)61(91-48(12)75)43(7)54(15-3)94-66/h38-43,50-54,57-61,64-66,76H,13-37H2,1-12H3,(H,67,71)(H,68,72)(H,69,73)(H,70,77)/t40-,41+,42+,43+,50?,51?,52-,53-,54-,57-,58-,59-,60+,61+,64-,65?,66-/m1/s1. The highest BCUT2D eigenvalue weighted by Crippen LogP contribution is 2.40. The molecule has 0 aromatic heterocycles. The van der Waals surface area contributed by atoms with E-state index in [0.29, 0.717) is 38.5 Å². The van der Waals surface area contributed by atoms with E-state index < -0.39 is 61.2 Å². The van der Waals surface area contributed by atoms with Crippen LogP contribution >= 0.6 is 0 Å². The maximum Gasteiger partial charge on any atom is 0.302 e. The largest absolute Gasteiger partial charge is 0.487 e. The molecule has 4 amide bonds. The van der Waals surface area contributed by atoms with Crippen molar-refractivity contribution in [1.82, 2.24) is 21.3 Å². The molecule has 0 spiro atoms. The van der Waals surface area contributed by atoms with Crippen LogP contribution in [0.1, 0.15) is 138 Å². The summed E-state index contributed by atoms with van der Waals surface area (Å²) in [6, 6.07) is 1.28. The quantitative estimate of drug-likeness (QED) is 0.0449. The van der Waals surface area contributed by atoms with Gasteiger partial charge in [-0.15, -0.1) is 0 Å². The number of ether oxygens (including phenoxy) is 17. The smallest absolute Gasteiger partial charge is 0.302 e. The topological polar surface area (TPSA) is 328 Å². The van der Waals surface area contributed by atoms with E-state index in [4.69, 9.17) is 80.5 Å². The number of esters is 2. The van der Waals surface area contributed by atoms with Crippen molar-refractivity contribution in [2.24, 2.45) is 23.7 Å². The summed E-state index contributed by atoms with van der Waals surface area (Å²) < 4.78 is 102. The molecule has 538 valence electrons. The van der Waals surface area contributed by atoms with Gasteiger partial charge < -0.3 is 107 Å². The number of hydrogen-bond donors (Lipinski definition) is 5. The number of aliphatic hydroxyl groups is 1. The molecule has 5 N–H and O–H groups in total. The van der Waals surface area contributed by atoms with E-state index in [9.17, 15) is 33.9 Å². The van der Waals surface area contributed by atoms with Gasteiger partial charge in [0.1, 0.15) is 44.1 Å². The molecule has 1 aliphatic carbocycles. The molecule has 15 atom stereocenters. The summed E-state index contributed by atoms with van der Waals surface area (Å²) in [6.07, 6.45) is -0.122. The van der Waals surface area contributed by atoms with E-state index >= 15 is 0 Å². The Balaban J connectivity index is 1.17. The normalized spacial score (nSPS) is 28.5. The minimum atomic E-state index is -0.878. The Hall–Kier alpha value is -5.08. The predicted octanol–water partition coefficient (Wildman–Crippen LogP) is 4.33. The van der Waals surface area contributed by atoms with Crippen LogP contribution in [-0.2, 0) is 90.3 Å². The van der Waals surface area contributed by atoms with Crippen molar-refractivity contribution in [3.8, 4) is 17.2 Å². The summed E-state index contributed by atoms with van der Waals surface area (Å²) >= 11 is 0. The molecule has 1 aromatic rings. The fraction of sp³-hybridized carbons (Fsp3) is 0.818. The second-order valence-electron chi connectivity index (χ2n) is 24.2. The molecule has 1 aromatic carbocycles. The SMILES string of the molecule is CC[C@H]1O[C@@H](OCCOCCOCCOc2cc(C(=O)NC3CCC(O)CC3)cc(OCCOCCOCCOC3O[C@H](CC)[C@H](C)[C@H](OC(C)=O)[C@H]3NC(C)=O)c2OCCOCCOCCO[C@@H]2O[C@H](CC)[C@H](C)[C@H](OC(C)=O)[C@H]2NC(C)=O)[C@H](NC(C)=O)[C@@H](C)[C@H]1C. The van der Waals surface area contributed by atoms with Gasteiger partial charge >= 0.3 is 11.9 Å². The third kappa shape index (κ3) is 27.1. The number of carbonyl (C=O) groups excluding carboxylic acids is 6. The van der Waals surface area contributed by atoms with Crippen molar-refractivity contribution in [3.05, 3.63) is 17.7 Å². The summed E-state index contributed by atoms with van der Waals surface area (Å²) in [7, 11) is 0. The van der Waals surface area contributed by atoms with Crippen molar-refractivity contribution in [2.75, 3.05) is 119 Å². The highest BCUT2D eigenvalue weighted by molar-refractivity contribution is 5.96. The van der Waals surface area contributed by atoms with Gasteiger partial charge in [0.2, 0.25) is 23.5 Å². The molecule has 1 unspecified atom stereocenters. The number of benzene rings is 1. The van der Waals surface area contributed by atoms with Gasteiger partial charge in [0.15, 0.2) is 30.4 Å². The van der Waals surface area contributed by atoms with Crippen LogP contribution in [0.4, 0.5) is 0 Å². The Morgan fingerprint density at radius 2 is 0.755 bits per heavy atom. The van der Waals surface area contributed by atoms with Gasteiger partial charge in [0, 0.05) is 58.1 Å². The lowest BCUT2D eigenvalue weighted by atomic mass is 9.81. The van der Waals surface area contributed by atoms with Crippen LogP contribution in [0, 0.1) is 23.7 Å². The lowest BCUT2D eigenvalue weighted by Crippen LogP contribution is -2.62. The Kier molecular flexibility index (Phi) is 36.6. The third-order valence-corrected chi connectivity index (χ3v) is 17.0. The molecule has 28 heteroatoms. The number of hydrogen-bond acceptors (Lipinski definition) is 24. The minimum Gasteiger partial charge on any atom is -0.487 e. The molecule has 4 fully saturated rings. The van der Waals surface area contributed by atoms with Gasteiger partial charge in [0.25, 0.3) is 5.91 Å². The van der Waals surface area contributed by atoms with Gasteiger partial charge in [-0.1, -0.05) is 48.5 Å². The highest BCUT2D eigenvalue weighted by atomic mass is 16.7. The molecule has 3 heterocycles. The fourth-order valence-electron chi connectivity index (χ4n) is 12.0. The molecule has 3 saturated heterocycles. The first-order chi connectivity index (χ1) is 45.1. The van der Waals surface area contributed by atoms with Crippen LogP contribution < -0.4 is 35.5 Å². The Morgan fingerprint density at radius 1 is 0.426 bits per heavy atom. The summed E-state index contributed by atoms with van der Waals surface area (Å²) in [5.41, 5.74) is 0.249. The Labute approximate surface area is 554 Å². The molecular formula is C66H110N4O24. The maximum absolute atomic E-state index is 14.0. The number of amides is 4. The van der Waals surface area contributed by atoms with Crippen LogP contribution in [-0.4, -0.2) is 239 Å². The zero-order valence-corrected chi connectivity index (χ0v) is 57.5. The first-order valence-corrected chi connectivity index (χ1v) is 33.6. The Morgan fingerprint density at radius 3 is 1.12 bits per heavy atom. The lowest BCUT2D eigenvalue weighted by Gasteiger charge is -2.44. The molecule has 3 aliphatic heterocycles. The molecule has 0 radical (unpaired) electrons. The van der Waals surface area contributed by atoms with Crippen molar-refractivity contribution in [1.29, 1.82) is 0 Å². The van der Waals surface area contributed by atoms with Crippen LogP contribution in [0.5, 0.6) is 17.2 Å². The maximum atomic E-state index is 14.0. The average molecular weight is 1340 g/mol. The lowest BCUT2D eigenvalue weighted by molar-refractivity contribution is -0.256. The van der Waals surface area contributed by atoms with E-state index in [0.717, 1.165) is 6.42 Å². The second kappa shape index (κ2) is 43.3. The minimum absolute atomic E-state index is 0.00658. The first kappa shape index (κ1) is 79.6. The summed E-state index contributed by atoms with van der Waals surface area (Å²) in [4.78, 5) is 74.4. The molecule has 28 nitrogen and oxygen atoms in total. The number of aliphatic hydroxyl groups excluding tert-OH is 1. The van der Waals surface area contributed by atoms with Gasteiger partial charge in [-0.2, -0.15) is 0 Å². The van der Waals surface area contributed by atoms with Crippen molar-refractivity contribution in [2.45, 2.75) is 208 Å². The van der Waals surface area contributed by atoms with E-state index in [2.05, 4.69) is 42.0 Å². The van der Waals surface area contributed by atoms with Crippen molar-refractivity contribution >= 4 is 35.6 Å². The third-order valence-electron chi connectivity index (χ3n) is 17.0. The van der Waals surface area contributed by atoms with E-state index in [1.54, 1.807) is 12.1 Å². The van der Waals surface area contributed by atoms with Gasteiger partial charge in [-0.05, 0) is 68.9 Å². The number of nitrogens with one attached hydrogen (secondary N) is 4. The first-order valence-electron chi connectivity index (χ1n) is 33.6. The molecular weight excluding hydrogens is 1230 g/mol. The molecule has 0 bridgehead atoms. The van der Waals surface area contributed by atoms with E-state index in [1.807, 2.05) is 27.7 Å². The predicted molar refractivity (Wildman–Crippen MR) is 339 cm³/mol. The highest BCUT2D eigenvalue weighted by Gasteiger charge is 2.48. The Bertz CT molecular complexity index is 2400.